The van der Waals surface area contributed by atoms with E-state index >= 15 is 0 Å². The van der Waals surface area contributed by atoms with Crippen molar-refractivity contribution in [2.75, 3.05) is 32.5 Å². The van der Waals surface area contributed by atoms with Gasteiger partial charge >= 0.3 is 0 Å². The van der Waals surface area contributed by atoms with Crippen molar-refractivity contribution in [2.24, 2.45) is 0 Å². The summed E-state index contributed by atoms with van der Waals surface area (Å²) in [5.41, 5.74) is 0.176. The van der Waals surface area contributed by atoms with E-state index in [-0.39, 0.29) is 5.56 Å². The summed E-state index contributed by atoms with van der Waals surface area (Å²) in [5.74, 6) is 0.419. The van der Waals surface area contributed by atoms with E-state index in [9.17, 15) is 4.79 Å². The largest absolute Gasteiger partial charge is 0.353 e. The van der Waals surface area contributed by atoms with Gasteiger partial charge in [0.1, 0.15) is 5.69 Å². The molecule has 2 N–H and O–H groups in total. The third kappa shape index (κ3) is 3.14. The second-order valence-electron chi connectivity index (χ2n) is 3.32. The highest BCUT2D eigenvalue weighted by molar-refractivity contribution is 5.20. The first-order valence-corrected chi connectivity index (χ1v) is 4.42. The van der Waals surface area contributed by atoms with Gasteiger partial charge in [-0.25, -0.2) is 0 Å². The fourth-order valence-corrected chi connectivity index (χ4v) is 0.871. The van der Waals surface area contributed by atoms with Crippen LogP contribution in [0.5, 0.6) is 0 Å². The number of hydrogen-bond donors (Lipinski definition) is 2. The molecule has 1 heterocycles. The van der Waals surface area contributed by atoms with Crippen LogP contribution in [0.4, 0.5) is 5.95 Å². The number of aromatic amines is 1. The predicted octanol–water partition coefficient (Wildman–Crippen LogP) is -0.553. The zero-order valence-electron chi connectivity index (χ0n) is 8.66. The first-order chi connectivity index (χ1) is 6.59. The summed E-state index contributed by atoms with van der Waals surface area (Å²) in [6, 6.07) is 0. The molecule has 1 aromatic heterocycles. The molecular formula is C8H15N5O. The summed E-state index contributed by atoms with van der Waals surface area (Å²) >= 11 is 0. The van der Waals surface area contributed by atoms with Crippen LogP contribution in [0.1, 0.15) is 5.69 Å². The Morgan fingerprint density at radius 2 is 2.14 bits per heavy atom. The Bertz CT molecular complexity index is 346. The number of rotatable bonds is 4. The Kier molecular flexibility index (Phi) is 3.58. The van der Waals surface area contributed by atoms with Gasteiger partial charge in [0.2, 0.25) is 5.95 Å². The summed E-state index contributed by atoms with van der Waals surface area (Å²) in [6.07, 6.45) is 0. The Balaban J connectivity index is 2.52. The first-order valence-electron chi connectivity index (χ1n) is 4.42. The maximum absolute atomic E-state index is 11.1. The average Bonchev–Trinajstić information content (AvgIpc) is 2.10. The van der Waals surface area contributed by atoms with Crippen LogP contribution < -0.4 is 10.9 Å². The molecule has 0 spiro atoms. The van der Waals surface area contributed by atoms with Crippen LogP contribution in [0.25, 0.3) is 0 Å². The van der Waals surface area contributed by atoms with Gasteiger partial charge in [-0.3, -0.25) is 9.78 Å². The number of aromatic nitrogens is 3. The van der Waals surface area contributed by atoms with Crippen LogP contribution >= 0.6 is 0 Å². The molecule has 0 aliphatic heterocycles. The lowest BCUT2D eigenvalue weighted by Gasteiger charge is -2.09. The highest BCUT2D eigenvalue weighted by Gasteiger charge is 1.98. The maximum Gasteiger partial charge on any atom is 0.273 e. The number of nitrogens with zero attached hydrogens (tertiary/aromatic N) is 3. The van der Waals surface area contributed by atoms with Crippen LogP contribution in [0.2, 0.25) is 0 Å². The predicted molar refractivity (Wildman–Crippen MR) is 54.4 cm³/mol. The van der Waals surface area contributed by atoms with E-state index in [1.807, 2.05) is 19.0 Å². The molecule has 0 saturated carbocycles. The number of H-pyrrole nitrogens is 1. The van der Waals surface area contributed by atoms with Gasteiger partial charge < -0.3 is 10.2 Å². The van der Waals surface area contributed by atoms with Crippen molar-refractivity contribution in [3.05, 3.63) is 16.0 Å². The minimum Gasteiger partial charge on any atom is -0.353 e. The summed E-state index contributed by atoms with van der Waals surface area (Å²) in [4.78, 5) is 15.8. The van der Waals surface area contributed by atoms with E-state index in [0.29, 0.717) is 11.6 Å². The normalized spacial score (nSPS) is 10.6. The van der Waals surface area contributed by atoms with E-state index in [1.54, 1.807) is 6.92 Å². The third-order valence-corrected chi connectivity index (χ3v) is 1.71. The molecule has 0 aliphatic carbocycles. The Hall–Kier alpha value is -1.43. The zero-order valence-corrected chi connectivity index (χ0v) is 8.66. The van der Waals surface area contributed by atoms with Gasteiger partial charge in [0.05, 0.1) is 0 Å². The summed E-state index contributed by atoms with van der Waals surface area (Å²) < 4.78 is 0. The van der Waals surface area contributed by atoms with E-state index in [2.05, 4.69) is 20.5 Å². The molecule has 14 heavy (non-hydrogen) atoms. The fraction of sp³-hybridized carbons (Fsp3) is 0.625. The Labute approximate surface area is 82.4 Å². The lowest BCUT2D eigenvalue weighted by Crippen LogP contribution is -2.23. The molecule has 0 radical (unpaired) electrons. The number of likely N-dealkylation sites (N-methyl/N-ethyl adjacent to an activating group) is 1. The second kappa shape index (κ2) is 4.71. The van der Waals surface area contributed by atoms with Crippen LogP contribution in [0.3, 0.4) is 0 Å². The SMILES string of the molecule is Cc1nnc(NCCN(C)C)[nH]c1=O. The quantitative estimate of drug-likeness (QED) is 0.677. The minimum atomic E-state index is -0.202. The molecule has 0 atom stereocenters. The van der Waals surface area contributed by atoms with Gasteiger partial charge in [-0.15, -0.1) is 10.2 Å². The van der Waals surface area contributed by atoms with E-state index in [4.69, 9.17) is 0 Å². The van der Waals surface area contributed by atoms with Gasteiger partial charge in [0, 0.05) is 13.1 Å². The van der Waals surface area contributed by atoms with Crippen LogP contribution in [0, 0.1) is 6.92 Å². The van der Waals surface area contributed by atoms with E-state index < -0.39 is 0 Å². The van der Waals surface area contributed by atoms with Gasteiger partial charge in [0.15, 0.2) is 0 Å². The first kappa shape index (κ1) is 10.6. The van der Waals surface area contributed by atoms with E-state index in [1.165, 1.54) is 0 Å². The lowest BCUT2D eigenvalue weighted by atomic mass is 10.5. The van der Waals surface area contributed by atoms with E-state index in [0.717, 1.165) is 13.1 Å². The molecule has 0 aromatic carbocycles. The van der Waals surface area contributed by atoms with Crippen LogP contribution in [-0.2, 0) is 0 Å². The average molecular weight is 197 g/mol. The van der Waals surface area contributed by atoms with Gasteiger partial charge in [-0.2, -0.15) is 0 Å². The molecule has 1 aromatic rings. The molecule has 0 saturated heterocycles. The van der Waals surface area contributed by atoms with Crippen molar-refractivity contribution in [1.29, 1.82) is 0 Å². The molecule has 1 rings (SSSR count). The summed E-state index contributed by atoms with van der Waals surface area (Å²) in [7, 11) is 3.95. The molecule has 78 valence electrons. The number of aryl methyl sites for hydroxylation is 1. The fourth-order valence-electron chi connectivity index (χ4n) is 0.871. The van der Waals surface area contributed by atoms with Crippen molar-refractivity contribution in [3.63, 3.8) is 0 Å². The van der Waals surface area contributed by atoms with Crippen LogP contribution in [-0.4, -0.2) is 47.3 Å². The summed E-state index contributed by atoms with van der Waals surface area (Å²) in [6.45, 7) is 3.22. The number of nitrogens with one attached hydrogen (secondary N) is 2. The molecule has 0 aliphatic rings. The molecule has 6 nitrogen and oxygen atoms in total. The number of hydrogen-bond acceptors (Lipinski definition) is 5. The molecule has 0 amide bonds. The molecule has 6 heteroatoms. The highest BCUT2D eigenvalue weighted by atomic mass is 16.1. The van der Waals surface area contributed by atoms with Crippen molar-refractivity contribution < 1.29 is 0 Å². The second-order valence-corrected chi connectivity index (χ2v) is 3.32. The van der Waals surface area contributed by atoms with Crippen molar-refractivity contribution in [1.82, 2.24) is 20.1 Å². The molecule has 0 bridgehead atoms. The Morgan fingerprint density at radius 1 is 1.43 bits per heavy atom. The minimum absolute atomic E-state index is 0.202. The maximum atomic E-state index is 11.1. The highest BCUT2D eigenvalue weighted by Crippen LogP contribution is 1.89. The number of anilines is 1. The lowest BCUT2D eigenvalue weighted by molar-refractivity contribution is 0.424. The smallest absolute Gasteiger partial charge is 0.273 e. The third-order valence-electron chi connectivity index (χ3n) is 1.71. The van der Waals surface area contributed by atoms with Crippen molar-refractivity contribution >= 4 is 5.95 Å². The van der Waals surface area contributed by atoms with Gasteiger partial charge in [-0.05, 0) is 21.0 Å². The van der Waals surface area contributed by atoms with Gasteiger partial charge in [0.25, 0.3) is 5.56 Å². The zero-order chi connectivity index (χ0) is 10.6. The van der Waals surface area contributed by atoms with Crippen molar-refractivity contribution in [3.8, 4) is 0 Å². The standard InChI is InChI=1S/C8H15N5O/c1-6-7(14)10-8(12-11-6)9-4-5-13(2)3/h4-5H2,1-3H3,(H2,9,10,12,14). The topological polar surface area (TPSA) is 73.9 Å². The van der Waals surface area contributed by atoms with Gasteiger partial charge in [-0.1, -0.05) is 0 Å². The summed E-state index contributed by atoms with van der Waals surface area (Å²) in [5, 5.41) is 10.5. The monoisotopic (exact) mass is 197 g/mol. The van der Waals surface area contributed by atoms with Crippen molar-refractivity contribution in [2.45, 2.75) is 6.92 Å². The molecule has 0 fully saturated rings. The Morgan fingerprint density at radius 3 is 2.71 bits per heavy atom. The van der Waals surface area contributed by atoms with Crippen LogP contribution in [0.15, 0.2) is 4.79 Å². The molecule has 0 unspecified atom stereocenters. The molecular weight excluding hydrogens is 182 g/mol.